The van der Waals surface area contributed by atoms with Crippen LogP contribution in [0.15, 0.2) is 41.4 Å². The molecular weight excluding hydrogens is 509 g/mol. The normalized spacial score (nSPS) is 18.5. The molecule has 0 bridgehead atoms. The minimum Gasteiger partial charge on any atom is -0.386 e. The number of aryl methyl sites for hydroxylation is 1. The van der Waals surface area contributed by atoms with Crippen LogP contribution in [0.3, 0.4) is 0 Å². The summed E-state index contributed by atoms with van der Waals surface area (Å²) in [7, 11) is 0. The van der Waals surface area contributed by atoms with Gasteiger partial charge in [0.1, 0.15) is 12.2 Å². The number of halogens is 2. The van der Waals surface area contributed by atoms with E-state index in [1.807, 2.05) is 25.1 Å². The Bertz CT molecular complexity index is 786. The van der Waals surface area contributed by atoms with Crippen LogP contribution in [0.1, 0.15) is 35.1 Å². The number of aliphatic hydroxyl groups is 1. The monoisotopic (exact) mass is 535 g/mol. The molecule has 1 aliphatic heterocycles. The van der Waals surface area contributed by atoms with Crippen LogP contribution in [0.4, 0.5) is 0 Å². The highest BCUT2D eigenvalue weighted by molar-refractivity contribution is 14.0. The molecule has 0 saturated carbocycles. The fourth-order valence-corrected chi connectivity index (χ4v) is 4.21. The average Bonchev–Trinajstić information content (AvgIpc) is 3.12. The van der Waals surface area contributed by atoms with Crippen LogP contribution >= 0.6 is 46.9 Å². The van der Waals surface area contributed by atoms with Crippen molar-refractivity contribution in [3.05, 3.63) is 56.7 Å². The Hall–Kier alpha value is -0.870. The highest BCUT2D eigenvalue weighted by atomic mass is 127. The molecule has 0 spiro atoms. The first-order valence-corrected chi connectivity index (χ1v) is 10.4. The second kappa shape index (κ2) is 11.3. The van der Waals surface area contributed by atoms with Crippen molar-refractivity contribution in [2.24, 2.45) is 4.99 Å². The van der Waals surface area contributed by atoms with Crippen LogP contribution in [0.2, 0.25) is 4.34 Å². The number of benzene rings is 1. The van der Waals surface area contributed by atoms with Gasteiger partial charge in [0.2, 0.25) is 0 Å². The zero-order valence-corrected chi connectivity index (χ0v) is 20.0. The van der Waals surface area contributed by atoms with Gasteiger partial charge in [-0.15, -0.1) is 35.3 Å². The molecule has 2 heterocycles. The van der Waals surface area contributed by atoms with Crippen LogP contribution < -0.4 is 5.32 Å². The quantitative estimate of drug-likeness (QED) is 0.339. The fraction of sp³-hybridized carbons (Fsp3) is 0.450. The van der Waals surface area contributed by atoms with E-state index >= 15 is 0 Å². The molecule has 3 rings (SSSR count). The fourth-order valence-electron chi connectivity index (χ4n) is 3.17. The molecule has 1 fully saturated rings. The van der Waals surface area contributed by atoms with Crippen LogP contribution in [0.5, 0.6) is 0 Å². The molecule has 154 valence electrons. The highest BCUT2D eigenvalue weighted by Crippen LogP contribution is 2.27. The SMILES string of the molecule is CCNC(=NCC(O)c1ccc(Cl)s1)N1CCOC(c2ccccc2C)C1.I. The van der Waals surface area contributed by atoms with Crippen LogP contribution in [0, 0.1) is 6.92 Å². The summed E-state index contributed by atoms with van der Waals surface area (Å²) in [4.78, 5) is 7.70. The van der Waals surface area contributed by atoms with Crippen molar-refractivity contribution in [1.82, 2.24) is 10.2 Å². The van der Waals surface area contributed by atoms with Gasteiger partial charge in [0.05, 0.1) is 24.0 Å². The summed E-state index contributed by atoms with van der Waals surface area (Å²) >= 11 is 7.35. The molecule has 8 heteroatoms. The minimum atomic E-state index is -0.649. The third kappa shape index (κ3) is 6.06. The molecule has 1 aromatic heterocycles. The van der Waals surface area contributed by atoms with Gasteiger partial charge in [0, 0.05) is 18.0 Å². The van der Waals surface area contributed by atoms with E-state index in [9.17, 15) is 5.11 Å². The first-order valence-electron chi connectivity index (χ1n) is 9.22. The van der Waals surface area contributed by atoms with Gasteiger partial charge in [-0.25, -0.2) is 0 Å². The van der Waals surface area contributed by atoms with E-state index < -0.39 is 6.10 Å². The second-order valence-corrected chi connectivity index (χ2v) is 8.26. The van der Waals surface area contributed by atoms with E-state index in [4.69, 9.17) is 16.3 Å². The predicted octanol–water partition coefficient (Wildman–Crippen LogP) is 4.40. The predicted molar refractivity (Wildman–Crippen MR) is 127 cm³/mol. The zero-order chi connectivity index (χ0) is 19.2. The second-order valence-electron chi connectivity index (χ2n) is 6.51. The van der Waals surface area contributed by atoms with Crippen LogP contribution in [-0.4, -0.2) is 48.8 Å². The molecule has 0 amide bonds. The number of aliphatic imine (C=N–C) groups is 1. The van der Waals surface area contributed by atoms with E-state index in [0.717, 1.165) is 30.5 Å². The molecule has 2 aromatic rings. The lowest BCUT2D eigenvalue weighted by atomic mass is 10.0. The van der Waals surface area contributed by atoms with Crippen molar-refractivity contribution < 1.29 is 9.84 Å². The number of thiophene rings is 1. The Morgan fingerprint density at radius 3 is 2.86 bits per heavy atom. The standard InChI is InChI=1S/C20H26ClN3O2S.HI/c1-3-22-20(23-12-16(25)18-8-9-19(21)27-18)24-10-11-26-17(13-24)15-7-5-4-6-14(15)2;/h4-9,16-17,25H,3,10-13H2,1-2H3,(H,22,23);1H. The van der Waals surface area contributed by atoms with Crippen molar-refractivity contribution >= 4 is 52.9 Å². The number of hydrogen-bond donors (Lipinski definition) is 2. The van der Waals surface area contributed by atoms with E-state index in [1.54, 1.807) is 6.07 Å². The Balaban J connectivity index is 0.00000280. The molecule has 0 aliphatic carbocycles. The summed E-state index contributed by atoms with van der Waals surface area (Å²) in [5.74, 6) is 0.807. The molecule has 1 saturated heterocycles. The number of guanidine groups is 1. The van der Waals surface area contributed by atoms with E-state index in [-0.39, 0.29) is 30.1 Å². The molecule has 0 radical (unpaired) electrons. The van der Waals surface area contributed by atoms with Crippen molar-refractivity contribution in [2.45, 2.75) is 26.1 Å². The first-order chi connectivity index (χ1) is 13.1. The molecule has 2 unspecified atom stereocenters. The number of aliphatic hydroxyl groups excluding tert-OH is 1. The summed E-state index contributed by atoms with van der Waals surface area (Å²) in [6.07, 6.45) is -0.630. The summed E-state index contributed by atoms with van der Waals surface area (Å²) < 4.78 is 6.69. The smallest absolute Gasteiger partial charge is 0.194 e. The van der Waals surface area contributed by atoms with Gasteiger partial charge in [-0.1, -0.05) is 35.9 Å². The highest BCUT2D eigenvalue weighted by Gasteiger charge is 2.25. The summed E-state index contributed by atoms with van der Waals surface area (Å²) in [6, 6.07) is 12.0. The zero-order valence-electron chi connectivity index (χ0n) is 16.1. The number of rotatable bonds is 5. The van der Waals surface area contributed by atoms with Gasteiger partial charge in [-0.3, -0.25) is 4.99 Å². The van der Waals surface area contributed by atoms with Gasteiger partial charge in [0.25, 0.3) is 0 Å². The summed E-state index contributed by atoms with van der Waals surface area (Å²) in [6.45, 7) is 7.38. The number of hydrogen-bond acceptors (Lipinski definition) is 4. The van der Waals surface area contributed by atoms with Crippen LogP contribution in [0.25, 0.3) is 0 Å². The number of nitrogens with one attached hydrogen (secondary N) is 1. The summed E-state index contributed by atoms with van der Waals surface area (Å²) in [5, 5.41) is 13.7. The molecule has 2 atom stereocenters. The number of nitrogens with zero attached hydrogens (tertiary/aromatic N) is 2. The largest absolute Gasteiger partial charge is 0.386 e. The maximum Gasteiger partial charge on any atom is 0.194 e. The van der Waals surface area contributed by atoms with Crippen molar-refractivity contribution in [2.75, 3.05) is 32.8 Å². The maximum absolute atomic E-state index is 10.4. The van der Waals surface area contributed by atoms with E-state index in [1.165, 1.54) is 22.5 Å². The van der Waals surface area contributed by atoms with Crippen molar-refractivity contribution in [1.29, 1.82) is 0 Å². The van der Waals surface area contributed by atoms with E-state index in [2.05, 4.69) is 34.3 Å². The Kier molecular flexibility index (Phi) is 9.49. The van der Waals surface area contributed by atoms with Gasteiger partial charge < -0.3 is 20.1 Å². The Morgan fingerprint density at radius 1 is 1.39 bits per heavy atom. The number of morpholine rings is 1. The number of ether oxygens (including phenoxy) is 1. The lowest BCUT2D eigenvalue weighted by Crippen LogP contribution is -2.48. The molecule has 5 nitrogen and oxygen atoms in total. The Labute approximate surface area is 192 Å². The lowest BCUT2D eigenvalue weighted by Gasteiger charge is -2.36. The van der Waals surface area contributed by atoms with Crippen molar-refractivity contribution in [3.63, 3.8) is 0 Å². The Morgan fingerprint density at radius 2 is 2.18 bits per heavy atom. The maximum atomic E-state index is 10.4. The van der Waals surface area contributed by atoms with E-state index in [0.29, 0.717) is 17.5 Å². The van der Waals surface area contributed by atoms with Gasteiger partial charge in [-0.2, -0.15) is 0 Å². The topological polar surface area (TPSA) is 57.1 Å². The first kappa shape index (κ1) is 23.4. The molecule has 1 aliphatic rings. The molecule has 1 aromatic carbocycles. The van der Waals surface area contributed by atoms with Gasteiger partial charge >= 0.3 is 0 Å². The summed E-state index contributed by atoms with van der Waals surface area (Å²) in [5.41, 5.74) is 2.45. The molecule has 2 N–H and O–H groups in total. The minimum absolute atomic E-state index is 0. The third-order valence-corrected chi connectivity index (χ3v) is 5.91. The third-order valence-electron chi connectivity index (χ3n) is 4.57. The van der Waals surface area contributed by atoms with Crippen LogP contribution in [-0.2, 0) is 4.74 Å². The van der Waals surface area contributed by atoms with Gasteiger partial charge in [-0.05, 0) is 37.1 Å². The average molecular weight is 536 g/mol. The molecular formula is C20H27ClIN3O2S. The lowest BCUT2D eigenvalue weighted by molar-refractivity contribution is -0.00839. The molecule has 28 heavy (non-hydrogen) atoms. The van der Waals surface area contributed by atoms with Crippen molar-refractivity contribution in [3.8, 4) is 0 Å². The van der Waals surface area contributed by atoms with Gasteiger partial charge in [0.15, 0.2) is 5.96 Å².